The summed E-state index contributed by atoms with van der Waals surface area (Å²) in [6, 6.07) is 91.6. The maximum Gasteiger partial charge on any atom is 0.164 e. The number of hydrogen-bond acceptors (Lipinski definition) is 7. The van der Waals surface area contributed by atoms with Gasteiger partial charge in [-0.3, -0.25) is 0 Å². The number of thiophene rings is 1. The summed E-state index contributed by atoms with van der Waals surface area (Å²) in [6.45, 7) is 6.95. The molecule has 0 amide bonds. The van der Waals surface area contributed by atoms with Gasteiger partial charge in [-0.2, -0.15) is 0 Å². The minimum atomic E-state index is -0.171. The van der Waals surface area contributed by atoms with Gasteiger partial charge in [0.25, 0.3) is 0 Å². The Hall–Kier alpha value is -10.1. The standard InChI is InChI=1S/C74H52N6S/c1-74(2,3)52-45-63(59-41-21-19-37-55(59)57-39-23-25-43-61(57)73-79-70(49-30-12-6-13-31-49)76-71(80-73)50-32-14-7-15-33-50)66-64(46-52)65-53-35-17-16-34-51(53)44-62(67(65)81-66)58-40-20-18-36-54(58)56-38-22-24-42-60(56)72-77-68(47-26-8-4-9-27-47)75-69(78-72)48-28-10-5-11-29-48/h4-46H,1-3H3. The van der Waals surface area contributed by atoms with Gasteiger partial charge in [-0.1, -0.05) is 263 Å². The molecule has 0 radical (unpaired) electrons. The number of nitrogens with zero attached hydrogens (tertiary/aromatic N) is 6. The molecule has 0 aliphatic carbocycles. The molecule has 384 valence electrons. The van der Waals surface area contributed by atoms with Gasteiger partial charge in [-0.05, 0) is 73.3 Å². The van der Waals surface area contributed by atoms with Crippen LogP contribution < -0.4 is 0 Å². The number of benzene rings is 11. The van der Waals surface area contributed by atoms with Crippen molar-refractivity contribution >= 4 is 42.3 Å². The Balaban J connectivity index is 0.982. The highest BCUT2D eigenvalue weighted by molar-refractivity contribution is 7.27. The number of fused-ring (bicyclic) bond motifs is 5. The number of aromatic nitrogens is 6. The molecule has 0 atom stereocenters. The van der Waals surface area contributed by atoms with E-state index in [1.807, 2.05) is 84.1 Å². The minimum Gasteiger partial charge on any atom is -0.208 e. The van der Waals surface area contributed by atoms with Crippen molar-refractivity contribution in [2.45, 2.75) is 26.2 Å². The van der Waals surface area contributed by atoms with Crippen LogP contribution in [0.4, 0.5) is 0 Å². The van der Waals surface area contributed by atoms with Crippen molar-refractivity contribution < 1.29 is 0 Å². The van der Waals surface area contributed by atoms with Gasteiger partial charge in [0.15, 0.2) is 34.9 Å². The molecule has 11 aromatic carbocycles. The molecular formula is C74H52N6S. The third-order valence-electron chi connectivity index (χ3n) is 15.2. The molecule has 14 aromatic rings. The fourth-order valence-corrected chi connectivity index (χ4v) is 12.5. The second-order valence-electron chi connectivity index (χ2n) is 21.4. The third-order valence-corrected chi connectivity index (χ3v) is 16.5. The first-order valence-corrected chi connectivity index (χ1v) is 28.2. The summed E-state index contributed by atoms with van der Waals surface area (Å²) in [6.07, 6.45) is 0. The first kappa shape index (κ1) is 49.2. The fourth-order valence-electron chi connectivity index (χ4n) is 11.2. The SMILES string of the molecule is CC(C)(C)c1cc(-c2ccccc2-c2ccccc2-c2nc(-c3ccccc3)nc(-c3ccccc3)n2)c2sc3c(-c4ccccc4-c4ccccc4-c4nc(-c5ccccc5)nc(-c5ccccc5)n4)cc4ccccc4c3c2c1. The summed E-state index contributed by atoms with van der Waals surface area (Å²) in [5.74, 6) is 3.73. The van der Waals surface area contributed by atoms with Crippen molar-refractivity contribution in [1.82, 2.24) is 29.9 Å². The van der Waals surface area contributed by atoms with Crippen LogP contribution in [0.2, 0.25) is 0 Å². The molecule has 3 heterocycles. The fraction of sp³-hybridized carbons (Fsp3) is 0.0541. The van der Waals surface area contributed by atoms with Gasteiger partial charge in [-0.15, -0.1) is 11.3 Å². The Kier molecular flexibility index (Phi) is 12.5. The molecule has 81 heavy (non-hydrogen) atoms. The zero-order valence-corrected chi connectivity index (χ0v) is 45.7. The molecule has 0 aliphatic rings. The molecule has 0 saturated heterocycles. The molecule has 6 nitrogen and oxygen atoms in total. The second kappa shape index (κ2) is 20.6. The van der Waals surface area contributed by atoms with Crippen LogP contribution in [0.1, 0.15) is 26.3 Å². The summed E-state index contributed by atoms with van der Waals surface area (Å²) in [5, 5.41) is 4.89. The van der Waals surface area contributed by atoms with Crippen LogP contribution in [0.15, 0.2) is 261 Å². The Bertz CT molecular complexity index is 4550. The van der Waals surface area contributed by atoms with E-state index in [0.29, 0.717) is 34.9 Å². The molecule has 0 unspecified atom stereocenters. The quantitative estimate of drug-likeness (QED) is 0.136. The van der Waals surface area contributed by atoms with E-state index in [0.717, 1.165) is 66.8 Å². The third kappa shape index (κ3) is 9.23. The lowest BCUT2D eigenvalue weighted by atomic mass is 9.82. The van der Waals surface area contributed by atoms with Gasteiger partial charge in [-0.25, -0.2) is 29.9 Å². The summed E-state index contributed by atoms with van der Waals surface area (Å²) < 4.78 is 2.45. The van der Waals surface area contributed by atoms with Crippen LogP contribution >= 0.6 is 11.3 Å². The van der Waals surface area contributed by atoms with Crippen molar-refractivity contribution in [3.63, 3.8) is 0 Å². The van der Waals surface area contributed by atoms with Crippen molar-refractivity contribution in [1.29, 1.82) is 0 Å². The van der Waals surface area contributed by atoms with Crippen LogP contribution in [0.3, 0.4) is 0 Å². The lowest BCUT2D eigenvalue weighted by molar-refractivity contribution is 0.591. The zero-order chi connectivity index (χ0) is 54.4. The molecule has 0 N–H and O–H groups in total. The minimum absolute atomic E-state index is 0.171. The lowest BCUT2D eigenvalue weighted by Gasteiger charge is -2.22. The molecule has 0 aliphatic heterocycles. The smallest absolute Gasteiger partial charge is 0.164 e. The van der Waals surface area contributed by atoms with E-state index in [-0.39, 0.29) is 5.41 Å². The first-order valence-electron chi connectivity index (χ1n) is 27.4. The van der Waals surface area contributed by atoms with E-state index in [9.17, 15) is 0 Å². The van der Waals surface area contributed by atoms with Crippen LogP contribution in [-0.2, 0) is 5.41 Å². The predicted octanol–water partition coefficient (Wildman–Crippen LogP) is 19.5. The van der Waals surface area contributed by atoms with Gasteiger partial charge in [0, 0.05) is 64.7 Å². The van der Waals surface area contributed by atoms with Crippen molar-refractivity contribution in [3.05, 3.63) is 266 Å². The van der Waals surface area contributed by atoms with E-state index < -0.39 is 0 Å². The summed E-state index contributed by atoms with van der Waals surface area (Å²) in [5.41, 5.74) is 15.5. The Morgan fingerprint density at radius 1 is 0.259 bits per heavy atom. The first-order chi connectivity index (χ1) is 39.8. The van der Waals surface area contributed by atoms with Gasteiger partial charge < -0.3 is 0 Å². The highest BCUT2D eigenvalue weighted by atomic mass is 32.1. The van der Waals surface area contributed by atoms with Crippen molar-refractivity contribution in [3.8, 4) is 113 Å². The molecule has 0 saturated carbocycles. The molecule has 0 spiro atoms. The Morgan fingerprint density at radius 2 is 0.568 bits per heavy atom. The molecule has 0 fully saturated rings. The molecule has 14 rings (SSSR count). The number of rotatable bonds is 10. The van der Waals surface area contributed by atoms with Crippen LogP contribution in [0.25, 0.3) is 144 Å². The summed E-state index contributed by atoms with van der Waals surface area (Å²) in [7, 11) is 0. The van der Waals surface area contributed by atoms with Crippen molar-refractivity contribution in [2.24, 2.45) is 0 Å². The Morgan fingerprint density at radius 3 is 0.963 bits per heavy atom. The van der Waals surface area contributed by atoms with Gasteiger partial charge in [0.05, 0.1) is 0 Å². The zero-order valence-electron chi connectivity index (χ0n) is 44.9. The highest BCUT2D eigenvalue weighted by Gasteiger charge is 2.26. The lowest BCUT2D eigenvalue weighted by Crippen LogP contribution is -2.11. The highest BCUT2D eigenvalue weighted by Crippen LogP contribution is 2.52. The van der Waals surface area contributed by atoms with Crippen LogP contribution in [0, 0.1) is 0 Å². The topological polar surface area (TPSA) is 77.3 Å². The summed E-state index contributed by atoms with van der Waals surface area (Å²) >= 11 is 1.88. The molecular weight excluding hydrogens is 1000 g/mol. The van der Waals surface area contributed by atoms with Gasteiger partial charge in [0.2, 0.25) is 0 Å². The van der Waals surface area contributed by atoms with E-state index in [4.69, 9.17) is 29.9 Å². The van der Waals surface area contributed by atoms with Gasteiger partial charge >= 0.3 is 0 Å². The average Bonchev–Trinajstić information content (AvgIpc) is 3.11. The average molecular weight is 1060 g/mol. The second-order valence-corrected chi connectivity index (χ2v) is 22.4. The van der Waals surface area contributed by atoms with Gasteiger partial charge in [0.1, 0.15) is 0 Å². The molecule has 0 bridgehead atoms. The normalized spacial score (nSPS) is 11.6. The predicted molar refractivity (Wildman–Crippen MR) is 337 cm³/mol. The van der Waals surface area contributed by atoms with E-state index in [1.165, 1.54) is 47.6 Å². The van der Waals surface area contributed by atoms with E-state index in [2.05, 4.69) is 209 Å². The largest absolute Gasteiger partial charge is 0.208 e. The Labute approximate surface area is 474 Å². The van der Waals surface area contributed by atoms with Crippen LogP contribution in [0.5, 0.6) is 0 Å². The van der Waals surface area contributed by atoms with E-state index >= 15 is 0 Å². The molecule has 3 aromatic heterocycles. The van der Waals surface area contributed by atoms with Crippen molar-refractivity contribution in [2.75, 3.05) is 0 Å². The number of hydrogen-bond donors (Lipinski definition) is 0. The van der Waals surface area contributed by atoms with E-state index in [1.54, 1.807) is 0 Å². The maximum atomic E-state index is 5.23. The van der Waals surface area contributed by atoms with Crippen LogP contribution in [-0.4, -0.2) is 29.9 Å². The summed E-state index contributed by atoms with van der Waals surface area (Å²) in [4.78, 5) is 31.0. The molecule has 7 heteroatoms. The monoisotopic (exact) mass is 1060 g/mol. The maximum absolute atomic E-state index is 5.23.